The summed E-state index contributed by atoms with van der Waals surface area (Å²) in [5.41, 5.74) is 1.24. The minimum absolute atomic E-state index is 0.0394. The molecule has 0 atom stereocenters. The van der Waals surface area contributed by atoms with E-state index in [1.54, 1.807) is 18.4 Å². The van der Waals surface area contributed by atoms with Crippen LogP contribution in [0.2, 0.25) is 0 Å². The first kappa shape index (κ1) is 15.9. The molecule has 1 heterocycles. The number of hydrogen-bond donors (Lipinski definition) is 2. The van der Waals surface area contributed by atoms with Crippen LogP contribution in [-0.2, 0) is 11.8 Å². The van der Waals surface area contributed by atoms with E-state index in [0.29, 0.717) is 13.1 Å². The molecule has 1 saturated carbocycles. The van der Waals surface area contributed by atoms with Crippen molar-refractivity contribution in [3.8, 4) is 5.75 Å². The summed E-state index contributed by atoms with van der Waals surface area (Å²) >= 11 is 1.72. The average Bonchev–Trinajstić information content (AvgIpc) is 3.20. The molecule has 2 aromatic rings. The molecule has 5 heteroatoms. The molecule has 2 N–H and O–H groups in total. The highest BCUT2D eigenvalue weighted by Gasteiger charge is 2.46. The highest BCUT2D eigenvalue weighted by molar-refractivity contribution is 7.09. The molecular weight excluding hydrogens is 308 g/mol. The zero-order valence-corrected chi connectivity index (χ0v) is 14.1. The Hall–Kier alpha value is -2.01. The second-order valence-corrected chi connectivity index (χ2v) is 6.95. The molecule has 0 spiro atoms. The number of hydrogen-bond acceptors (Lipinski definition) is 3. The third-order valence-corrected chi connectivity index (χ3v) is 5.29. The number of nitrogens with one attached hydrogen (secondary N) is 2. The summed E-state index contributed by atoms with van der Waals surface area (Å²) < 4.78 is 5.46. The van der Waals surface area contributed by atoms with Gasteiger partial charge in [-0.25, -0.2) is 4.79 Å². The lowest BCUT2D eigenvalue weighted by molar-refractivity contribution is 0.240. The number of carbonyl (C=O) groups is 1. The lowest BCUT2D eigenvalue weighted by Gasteiger charge is -2.19. The summed E-state index contributed by atoms with van der Waals surface area (Å²) in [6.07, 6.45) is 3.05. The van der Waals surface area contributed by atoms with Gasteiger partial charge in [0.25, 0.3) is 0 Å². The molecule has 1 aromatic carbocycles. The van der Waals surface area contributed by atoms with E-state index in [9.17, 15) is 4.79 Å². The summed E-state index contributed by atoms with van der Waals surface area (Å²) in [6, 6.07) is 12.1. The molecule has 3 rings (SSSR count). The van der Waals surface area contributed by atoms with Crippen LogP contribution < -0.4 is 15.4 Å². The second-order valence-electron chi connectivity index (χ2n) is 5.92. The van der Waals surface area contributed by atoms with E-state index < -0.39 is 0 Å². The third kappa shape index (κ3) is 3.85. The number of amides is 2. The fraction of sp³-hybridized carbons (Fsp3) is 0.389. The van der Waals surface area contributed by atoms with Gasteiger partial charge in [-0.2, -0.15) is 0 Å². The molecule has 0 radical (unpaired) electrons. The number of ether oxygens (including phenoxy) is 1. The van der Waals surface area contributed by atoms with E-state index >= 15 is 0 Å². The van der Waals surface area contributed by atoms with Gasteiger partial charge in [0.2, 0.25) is 0 Å². The van der Waals surface area contributed by atoms with Crippen LogP contribution in [0, 0.1) is 0 Å². The fourth-order valence-corrected chi connectivity index (χ4v) is 3.55. The zero-order valence-electron chi connectivity index (χ0n) is 13.3. The predicted molar refractivity (Wildman–Crippen MR) is 93.3 cm³/mol. The van der Waals surface area contributed by atoms with E-state index in [4.69, 9.17) is 4.74 Å². The maximum atomic E-state index is 12.0. The number of urea groups is 1. The van der Waals surface area contributed by atoms with Crippen molar-refractivity contribution in [2.24, 2.45) is 0 Å². The standard InChI is InChI=1S/C18H22N2O2S/c1-22-16-7-3-2-6-15(16)18(9-10-18)13-20-17(21)19-11-8-14-5-4-12-23-14/h2-7,12H,8-11,13H2,1H3,(H2,19,20,21). The SMILES string of the molecule is COc1ccccc1C1(CNC(=O)NCCc2cccs2)CC1. The quantitative estimate of drug-likeness (QED) is 0.818. The summed E-state index contributed by atoms with van der Waals surface area (Å²) in [6.45, 7) is 1.31. The first-order valence-corrected chi connectivity index (χ1v) is 8.79. The number of para-hydroxylation sites is 1. The summed E-state index contributed by atoms with van der Waals surface area (Å²) in [4.78, 5) is 13.3. The highest BCUT2D eigenvalue weighted by Crippen LogP contribution is 2.50. The molecule has 1 aromatic heterocycles. The van der Waals surface area contributed by atoms with E-state index in [1.165, 1.54) is 10.4 Å². The Balaban J connectivity index is 1.48. The van der Waals surface area contributed by atoms with Crippen molar-refractivity contribution in [1.29, 1.82) is 0 Å². The van der Waals surface area contributed by atoms with Crippen molar-refractivity contribution in [2.75, 3.05) is 20.2 Å². The number of thiophene rings is 1. The Morgan fingerprint density at radius 2 is 2.04 bits per heavy atom. The topological polar surface area (TPSA) is 50.4 Å². The van der Waals surface area contributed by atoms with E-state index in [2.05, 4.69) is 28.1 Å². The minimum atomic E-state index is -0.0947. The summed E-state index contributed by atoms with van der Waals surface area (Å²) in [7, 11) is 1.69. The first-order valence-electron chi connectivity index (χ1n) is 7.91. The van der Waals surface area contributed by atoms with Crippen LogP contribution in [0.25, 0.3) is 0 Å². The normalized spacial score (nSPS) is 15.0. The van der Waals surface area contributed by atoms with Crippen molar-refractivity contribution < 1.29 is 9.53 Å². The van der Waals surface area contributed by atoms with Gasteiger partial charge in [-0.1, -0.05) is 24.3 Å². The molecule has 2 amide bonds. The van der Waals surface area contributed by atoms with Gasteiger partial charge in [-0.3, -0.25) is 0 Å². The van der Waals surface area contributed by atoms with Crippen LogP contribution in [0.1, 0.15) is 23.3 Å². The van der Waals surface area contributed by atoms with Gasteiger partial charge in [-0.15, -0.1) is 11.3 Å². The van der Waals surface area contributed by atoms with Crippen LogP contribution in [0.4, 0.5) is 4.79 Å². The average molecular weight is 330 g/mol. The molecule has 4 nitrogen and oxygen atoms in total. The van der Waals surface area contributed by atoms with Gasteiger partial charge in [0.15, 0.2) is 0 Å². The highest BCUT2D eigenvalue weighted by atomic mass is 32.1. The van der Waals surface area contributed by atoms with Gasteiger partial charge >= 0.3 is 6.03 Å². The Morgan fingerprint density at radius 1 is 1.22 bits per heavy atom. The molecule has 0 unspecified atom stereocenters. The number of benzene rings is 1. The third-order valence-electron chi connectivity index (χ3n) is 4.36. The van der Waals surface area contributed by atoms with Crippen LogP contribution in [0.3, 0.4) is 0 Å². The van der Waals surface area contributed by atoms with Crippen LogP contribution in [0.15, 0.2) is 41.8 Å². The van der Waals surface area contributed by atoms with Crippen LogP contribution >= 0.6 is 11.3 Å². The van der Waals surface area contributed by atoms with Crippen molar-refractivity contribution in [3.63, 3.8) is 0 Å². The number of rotatable bonds is 7. The molecule has 1 fully saturated rings. The van der Waals surface area contributed by atoms with E-state index in [1.807, 2.05) is 24.3 Å². The smallest absolute Gasteiger partial charge is 0.314 e. The summed E-state index contributed by atoms with van der Waals surface area (Å²) in [5.74, 6) is 0.907. The minimum Gasteiger partial charge on any atom is -0.496 e. The zero-order chi connectivity index (χ0) is 16.1. The van der Waals surface area contributed by atoms with Crippen LogP contribution in [0.5, 0.6) is 5.75 Å². The van der Waals surface area contributed by atoms with Gasteiger partial charge in [-0.05, 0) is 36.8 Å². The predicted octanol–water partition coefficient (Wildman–Crippen LogP) is 3.33. The lowest BCUT2D eigenvalue weighted by atomic mass is 9.95. The molecule has 1 aliphatic rings. The molecule has 0 aliphatic heterocycles. The fourth-order valence-electron chi connectivity index (χ4n) is 2.84. The molecule has 1 aliphatic carbocycles. The van der Waals surface area contributed by atoms with Gasteiger partial charge in [0.05, 0.1) is 7.11 Å². The Bertz CT molecular complexity index is 651. The van der Waals surface area contributed by atoms with E-state index in [0.717, 1.165) is 25.0 Å². The molecule has 0 bridgehead atoms. The van der Waals surface area contributed by atoms with Crippen molar-refractivity contribution in [3.05, 3.63) is 52.2 Å². The van der Waals surface area contributed by atoms with Gasteiger partial charge in [0.1, 0.15) is 5.75 Å². The second kappa shape index (κ2) is 7.04. The van der Waals surface area contributed by atoms with Crippen molar-refractivity contribution in [2.45, 2.75) is 24.7 Å². The molecule has 0 saturated heterocycles. The maximum absolute atomic E-state index is 12.0. The van der Waals surface area contributed by atoms with Crippen molar-refractivity contribution >= 4 is 17.4 Å². The molecular formula is C18H22N2O2S. The van der Waals surface area contributed by atoms with Crippen molar-refractivity contribution in [1.82, 2.24) is 10.6 Å². The van der Waals surface area contributed by atoms with Gasteiger partial charge in [0, 0.05) is 28.9 Å². The van der Waals surface area contributed by atoms with E-state index in [-0.39, 0.29) is 11.4 Å². The van der Waals surface area contributed by atoms with Crippen LogP contribution in [-0.4, -0.2) is 26.2 Å². The first-order chi connectivity index (χ1) is 11.2. The largest absolute Gasteiger partial charge is 0.496 e. The Kier molecular flexibility index (Phi) is 4.86. The maximum Gasteiger partial charge on any atom is 0.314 e. The Labute approximate surface area is 140 Å². The number of methoxy groups -OCH3 is 1. The lowest BCUT2D eigenvalue weighted by Crippen LogP contribution is -2.40. The summed E-state index contributed by atoms with van der Waals surface area (Å²) in [5, 5.41) is 7.99. The van der Waals surface area contributed by atoms with Gasteiger partial charge < -0.3 is 15.4 Å². The number of carbonyl (C=O) groups excluding carboxylic acids is 1. The molecule has 122 valence electrons. The Morgan fingerprint density at radius 3 is 2.74 bits per heavy atom. The monoisotopic (exact) mass is 330 g/mol. The molecule has 23 heavy (non-hydrogen) atoms.